The number of carbonyl (C=O) groups is 1. The molecule has 1 atom stereocenters. The van der Waals surface area contributed by atoms with E-state index in [1.54, 1.807) is 45.4 Å². The summed E-state index contributed by atoms with van der Waals surface area (Å²) in [4.78, 5) is 11.9. The van der Waals surface area contributed by atoms with Gasteiger partial charge in [-0.25, -0.2) is 0 Å². The molecule has 2 rings (SSSR count). The van der Waals surface area contributed by atoms with E-state index in [1.165, 1.54) is 11.8 Å². The van der Waals surface area contributed by atoms with Crippen LogP contribution in [0.2, 0.25) is 0 Å². The molecule has 0 saturated heterocycles. The Kier molecular flexibility index (Phi) is 6.25. The summed E-state index contributed by atoms with van der Waals surface area (Å²) in [5, 5.41) is 10.7. The van der Waals surface area contributed by atoms with E-state index >= 15 is 0 Å². The number of ether oxygens (including phenoxy) is 2. The minimum absolute atomic E-state index is 0.123. The van der Waals surface area contributed by atoms with E-state index in [9.17, 15) is 4.79 Å². The van der Waals surface area contributed by atoms with E-state index < -0.39 is 0 Å². The molecule has 0 bridgehead atoms. The Hall–Kier alpha value is -2.48. The summed E-state index contributed by atoms with van der Waals surface area (Å²) in [5.74, 6) is 1.42. The van der Waals surface area contributed by atoms with Crippen LogP contribution in [0.4, 0.5) is 0 Å². The third-order valence-corrected chi connectivity index (χ3v) is 4.05. The van der Waals surface area contributed by atoms with Crippen molar-refractivity contribution in [1.82, 2.24) is 15.5 Å². The first-order valence-corrected chi connectivity index (χ1v) is 8.08. The Labute approximate surface area is 144 Å². The number of thioether (sulfide) groups is 1. The van der Waals surface area contributed by atoms with Crippen LogP contribution in [0.25, 0.3) is 11.5 Å². The molecular formula is C16H19N3O4S. The summed E-state index contributed by atoms with van der Waals surface area (Å²) >= 11 is 1.19. The molecule has 1 aromatic carbocycles. The highest BCUT2D eigenvalue weighted by Gasteiger charge is 2.19. The van der Waals surface area contributed by atoms with Crippen molar-refractivity contribution in [3.05, 3.63) is 30.9 Å². The van der Waals surface area contributed by atoms with Gasteiger partial charge in [0.2, 0.25) is 5.91 Å². The number of hydrogen-bond donors (Lipinski definition) is 1. The molecule has 0 spiro atoms. The third-order valence-electron chi connectivity index (χ3n) is 3.11. The fourth-order valence-electron chi connectivity index (χ4n) is 1.86. The summed E-state index contributed by atoms with van der Waals surface area (Å²) in [6, 6.07) is 5.29. The molecule has 8 heteroatoms. The number of carbonyl (C=O) groups excluding carboxylic acids is 1. The van der Waals surface area contributed by atoms with Crippen LogP contribution in [0.5, 0.6) is 11.5 Å². The van der Waals surface area contributed by atoms with Crippen LogP contribution >= 0.6 is 11.8 Å². The van der Waals surface area contributed by atoms with Crippen molar-refractivity contribution in [2.45, 2.75) is 17.4 Å². The van der Waals surface area contributed by atoms with Gasteiger partial charge in [-0.15, -0.1) is 16.8 Å². The summed E-state index contributed by atoms with van der Waals surface area (Å²) in [6.07, 6.45) is 1.62. The van der Waals surface area contributed by atoms with Crippen molar-refractivity contribution in [2.24, 2.45) is 0 Å². The molecule has 0 saturated carbocycles. The van der Waals surface area contributed by atoms with Crippen LogP contribution < -0.4 is 14.8 Å². The SMILES string of the molecule is C=CCNC(=O)[C@@H](C)Sc1nnc(-c2ccc(OC)cc2OC)o1. The number of rotatable bonds is 8. The molecule has 0 unspecified atom stereocenters. The fraction of sp³-hybridized carbons (Fsp3) is 0.312. The highest BCUT2D eigenvalue weighted by Crippen LogP contribution is 2.34. The second kappa shape index (κ2) is 8.39. The van der Waals surface area contributed by atoms with Gasteiger partial charge < -0.3 is 19.2 Å². The highest BCUT2D eigenvalue weighted by atomic mass is 32.2. The Morgan fingerprint density at radius 3 is 2.88 bits per heavy atom. The van der Waals surface area contributed by atoms with Gasteiger partial charge in [0, 0.05) is 12.6 Å². The number of hydrogen-bond acceptors (Lipinski definition) is 7. The van der Waals surface area contributed by atoms with Crippen molar-refractivity contribution >= 4 is 17.7 Å². The second-order valence-electron chi connectivity index (χ2n) is 4.73. The molecule has 2 aromatic rings. The van der Waals surface area contributed by atoms with Gasteiger partial charge in [-0.05, 0) is 19.1 Å². The lowest BCUT2D eigenvalue weighted by atomic mass is 10.2. The van der Waals surface area contributed by atoms with Crippen molar-refractivity contribution in [2.75, 3.05) is 20.8 Å². The zero-order chi connectivity index (χ0) is 17.5. The zero-order valence-electron chi connectivity index (χ0n) is 13.7. The summed E-state index contributed by atoms with van der Waals surface area (Å²) in [6.45, 7) is 5.74. The molecule has 0 aliphatic rings. The lowest BCUT2D eigenvalue weighted by Gasteiger charge is -2.08. The normalized spacial score (nSPS) is 11.6. The van der Waals surface area contributed by atoms with Crippen molar-refractivity contribution in [3.63, 3.8) is 0 Å². The average molecular weight is 349 g/mol. The predicted octanol–water partition coefficient (Wildman–Crippen LogP) is 2.54. The van der Waals surface area contributed by atoms with Gasteiger partial charge >= 0.3 is 0 Å². The Balaban J connectivity index is 2.13. The second-order valence-corrected chi connectivity index (χ2v) is 6.03. The molecule has 1 aromatic heterocycles. The Morgan fingerprint density at radius 1 is 1.42 bits per heavy atom. The molecule has 1 N–H and O–H groups in total. The molecule has 7 nitrogen and oxygen atoms in total. The highest BCUT2D eigenvalue weighted by molar-refractivity contribution is 8.00. The number of amides is 1. The lowest BCUT2D eigenvalue weighted by molar-refractivity contribution is -0.120. The fourth-order valence-corrected chi connectivity index (χ4v) is 2.57. The van der Waals surface area contributed by atoms with Gasteiger partial charge in [0.25, 0.3) is 11.1 Å². The quantitative estimate of drug-likeness (QED) is 0.579. The van der Waals surface area contributed by atoms with Crippen LogP contribution in [0, 0.1) is 0 Å². The molecular weight excluding hydrogens is 330 g/mol. The Bertz CT molecular complexity index is 717. The van der Waals surface area contributed by atoms with E-state index in [0.717, 1.165) is 0 Å². The van der Waals surface area contributed by atoms with Gasteiger partial charge in [-0.1, -0.05) is 17.8 Å². The Morgan fingerprint density at radius 2 is 2.21 bits per heavy atom. The topological polar surface area (TPSA) is 86.5 Å². The third kappa shape index (κ3) is 4.29. The van der Waals surface area contributed by atoms with E-state index in [4.69, 9.17) is 13.9 Å². The van der Waals surface area contributed by atoms with E-state index in [1.807, 2.05) is 0 Å². The number of nitrogens with zero attached hydrogens (tertiary/aromatic N) is 2. The van der Waals surface area contributed by atoms with E-state index in [-0.39, 0.29) is 11.2 Å². The van der Waals surface area contributed by atoms with Crippen molar-refractivity contribution < 1.29 is 18.7 Å². The number of methoxy groups -OCH3 is 2. The first-order chi connectivity index (χ1) is 11.6. The van der Waals surface area contributed by atoms with Gasteiger partial charge in [0.05, 0.1) is 25.0 Å². The maximum atomic E-state index is 11.9. The first kappa shape index (κ1) is 17.9. The van der Waals surface area contributed by atoms with Crippen LogP contribution in [-0.2, 0) is 4.79 Å². The van der Waals surface area contributed by atoms with Crippen LogP contribution in [0.1, 0.15) is 6.92 Å². The summed E-state index contributed by atoms with van der Waals surface area (Å²) < 4.78 is 16.1. The van der Waals surface area contributed by atoms with Crippen molar-refractivity contribution in [3.8, 4) is 23.0 Å². The van der Waals surface area contributed by atoms with Crippen LogP contribution in [-0.4, -0.2) is 42.1 Å². The lowest BCUT2D eigenvalue weighted by Crippen LogP contribution is -2.30. The van der Waals surface area contributed by atoms with Crippen LogP contribution in [0.15, 0.2) is 40.5 Å². The monoisotopic (exact) mass is 349 g/mol. The average Bonchev–Trinajstić information content (AvgIpc) is 3.07. The van der Waals surface area contributed by atoms with E-state index in [2.05, 4.69) is 22.1 Å². The number of aromatic nitrogens is 2. The molecule has 128 valence electrons. The van der Waals surface area contributed by atoms with Gasteiger partial charge in [-0.3, -0.25) is 4.79 Å². The van der Waals surface area contributed by atoms with Crippen LogP contribution in [0.3, 0.4) is 0 Å². The minimum Gasteiger partial charge on any atom is -0.497 e. The van der Waals surface area contributed by atoms with Crippen molar-refractivity contribution in [1.29, 1.82) is 0 Å². The molecule has 1 heterocycles. The molecule has 0 radical (unpaired) electrons. The minimum atomic E-state index is -0.365. The molecule has 24 heavy (non-hydrogen) atoms. The molecule has 0 fully saturated rings. The van der Waals surface area contributed by atoms with Gasteiger partial charge in [0.1, 0.15) is 11.5 Å². The maximum absolute atomic E-state index is 11.9. The zero-order valence-corrected chi connectivity index (χ0v) is 14.6. The first-order valence-electron chi connectivity index (χ1n) is 7.20. The van der Waals surface area contributed by atoms with Gasteiger partial charge in [-0.2, -0.15) is 0 Å². The number of nitrogens with one attached hydrogen (secondary N) is 1. The smallest absolute Gasteiger partial charge is 0.277 e. The molecule has 1 amide bonds. The largest absolute Gasteiger partial charge is 0.497 e. The van der Waals surface area contributed by atoms with Gasteiger partial charge in [0.15, 0.2) is 0 Å². The molecule has 0 aliphatic carbocycles. The number of benzene rings is 1. The summed E-state index contributed by atoms with van der Waals surface area (Å²) in [7, 11) is 3.13. The summed E-state index contributed by atoms with van der Waals surface area (Å²) in [5.41, 5.74) is 0.654. The van der Waals surface area contributed by atoms with E-state index in [0.29, 0.717) is 34.7 Å². The predicted molar refractivity (Wildman–Crippen MR) is 91.4 cm³/mol. The standard InChI is InChI=1S/C16H19N3O4S/c1-5-8-17-14(20)10(2)24-16-19-18-15(23-16)12-7-6-11(21-3)9-13(12)22-4/h5-7,9-10H,1,8H2,2-4H3,(H,17,20)/t10-/m1/s1. The molecule has 0 aliphatic heterocycles. The maximum Gasteiger partial charge on any atom is 0.277 e.